The van der Waals surface area contributed by atoms with Gasteiger partial charge in [0.05, 0.1) is 18.0 Å². The van der Waals surface area contributed by atoms with Gasteiger partial charge in [0, 0.05) is 12.1 Å². The zero-order chi connectivity index (χ0) is 8.67. The molecule has 68 valence electrons. The lowest BCUT2D eigenvalue weighted by molar-refractivity contribution is 0.172. The monoisotopic (exact) mass is 178 g/mol. The van der Waals surface area contributed by atoms with Crippen LogP contribution in [0.2, 0.25) is 0 Å². The molecule has 0 aliphatic carbocycles. The number of nitrogens with one attached hydrogen (secondary N) is 2. The fourth-order valence-corrected chi connectivity index (χ4v) is 1.62. The summed E-state index contributed by atoms with van der Waals surface area (Å²) in [5.74, 6) is 1.67. The molecule has 2 heterocycles. The van der Waals surface area contributed by atoms with E-state index in [1.54, 1.807) is 0 Å². The van der Waals surface area contributed by atoms with E-state index in [1.807, 2.05) is 12.1 Å². The highest BCUT2D eigenvalue weighted by molar-refractivity contribution is 5.77. The van der Waals surface area contributed by atoms with Crippen LogP contribution >= 0.6 is 0 Å². The van der Waals surface area contributed by atoms with Gasteiger partial charge in [0.25, 0.3) is 0 Å². The predicted octanol–water partition coefficient (Wildman–Crippen LogP) is 1.25. The standard InChI is InChI=1S/C9H10N2O2/c1-2-13-9-4-7-6(10-5-11-7)3-8(9)12-1/h3-4,10-11H,1-2,5H2. The molecule has 0 saturated carbocycles. The van der Waals surface area contributed by atoms with Crippen LogP contribution in [0.15, 0.2) is 12.1 Å². The van der Waals surface area contributed by atoms with E-state index in [4.69, 9.17) is 9.47 Å². The molecule has 0 radical (unpaired) electrons. The van der Waals surface area contributed by atoms with Crippen LogP contribution in [0.5, 0.6) is 11.5 Å². The Morgan fingerprint density at radius 1 is 0.923 bits per heavy atom. The zero-order valence-corrected chi connectivity index (χ0v) is 7.09. The second kappa shape index (κ2) is 2.45. The summed E-state index contributed by atoms with van der Waals surface area (Å²) in [6, 6.07) is 3.95. The number of benzene rings is 1. The quantitative estimate of drug-likeness (QED) is 0.627. The Bertz CT molecular complexity index is 319. The van der Waals surface area contributed by atoms with Crippen molar-refractivity contribution in [3.8, 4) is 11.5 Å². The molecule has 1 aromatic rings. The van der Waals surface area contributed by atoms with Gasteiger partial charge in [-0.2, -0.15) is 0 Å². The molecule has 0 atom stereocenters. The second-order valence-corrected chi connectivity index (χ2v) is 3.07. The Labute approximate surface area is 75.8 Å². The van der Waals surface area contributed by atoms with Crippen LogP contribution in [0.25, 0.3) is 0 Å². The summed E-state index contributed by atoms with van der Waals surface area (Å²) >= 11 is 0. The smallest absolute Gasteiger partial charge is 0.163 e. The lowest BCUT2D eigenvalue weighted by Crippen LogP contribution is -2.15. The molecule has 0 bridgehead atoms. The summed E-state index contributed by atoms with van der Waals surface area (Å²) in [6.07, 6.45) is 0. The van der Waals surface area contributed by atoms with Gasteiger partial charge in [-0.1, -0.05) is 0 Å². The molecule has 4 heteroatoms. The van der Waals surface area contributed by atoms with E-state index in [1.165, 1.54) is 0 Å². The molecule has 2 aliphatic rings. The van der Waals surface area contributed by atoms with Gasteiger partial charge >= 0.3 is 0 Å². The van der Waals surface area contributed by atoms with E-state index in [9.17, 15) is 0 Å². The van der Waals surface area contributed by atoms with Crippen LogP contribution in [0.1, 0.15) is 0 Å². The topological polar surface area (TPSA) is 42.5 Å². The maximum absolute atomic E-state index is 5.46. The van der Waals surface area contributed by atoms with E-state index in [2.05, 4.69) is 10.6 Å². The molecule has 2 aliphatic heterocycles. The molecule has 4 nitrogen and oxygen atoms in total. The van der Waals surface area contributed by atoms with Crippen LogP contribution in [0.3, 0.4) is 0 Å². The van der Waals surface area contributed by atoms with Crippen LogP contribution in [0, 0.1) is 0 Å². The van der Waals surface area contributed by atoms with E-state index < -0.39 is 0 Å². The average molecular weight is 178 g/mol. The highest BCUT2D eigenvalue weighted by Gasteiger charge is 2.17. The normalized spacial score (nSPS) is 17.2. The van der Waals surface area contributed by atoms with Crippen molar-refractivity contribution in [3.05, 3.63) is 12.1 Å². The zero-order valence-electron chi connectivity index (χ0n) is 7.09. The van der Waals surface area contributed by atoms with Crippen molar-refractivity contribution in [2.24, 2.45) is 0 Å². The van der Waals surface area contributed by atoms with Gasteiger partial charge in [-0.05, 0) is 0 Å². The molecular weight excluding hydrogens is 168 g/mol. The molecule has 0 aromatic heterocycles. The van der Waals surface area contributed by atoms with E-state index in [0.717, 1.165) is 29.5 Å². The Balaban J connectivity index is 2.11. The molecule has 1 aromatic carbocycles. The fourth-order valence-electron chi connectivity index (χ4n) is 1.62. The minimum atomic E-state index is 0.638. The van der Waals surface area contributed by atoms with E-state index in [0.29, 0.717) is 13.2 Å². The van der Waals surface area contributed by atoms with Crippen molar-refractivity contribution in [2.45, 2.75) is 0 Å². The first-order chi connectivity index (χ1) is 6.43. The van der Waals surface area contributed by atoms with Crippen molar-refractivity contribution in [1.29, 1.82) is 0 Å². The van der Waals surface area contributed by atoms with Gasteiger partial charge in [-0.3, -0.25) is 0 Å². The maximum atomic E-state index is 5.46. The molecular formula is C9H10N2O2. The van der Waals surface area contributed by atoms with Gasteiger partial charge in [-0.15, -0.1) is 0 Å². The summed E-state index contributed by atoms with van der Waals surface area (Å²) in [5.41, 5.74) is 2.17. The van der Waals surface area contributed by atoms with Crippen molar-refractivity contribution < 1.29 is 9.47 Å². The minimum Gasteiger partial charge on any atom is -0.486 e. The lowest BCUT2D eigenvalue weighted by atomic mass is 10.2. The highest BCUT2D eigenvalue weighted by Crippen LogP contribution is 2.39. The van der Waals surface area contributed by atoms with Gasteiger partial charge in [0.15, 0.2) is 11.5 Å². The number of hydrogen-bond donors (Lipinski definition) is 2. The molecule has 3 rings (SSSR count). The van der Waals surface area contributed by atoms with Crippen LogP contribution in [0.4, 0.5) is 11.4 Å². The number of fused-ring (bicyclic) bond motifs is 2. The second-order valence-electron chi connectivity index (χ2n) is 3.07. The number of hydrogen-bond acceptors (Lipinski definition) is 4. The molecule has 0 saturated heterocycles. The number of rotatable bonds is 0. The SMILES string of the molecule is c1c2c(cc3c1OCCO3)NCN2. The first-order valence-electron chi connectivity index (χ1n) is 4.35. The Kier molecular flexibility index (Phi) is 1.30. The third kappa shape index (κ3) is 0.983. The van der Waals surface area contributed by atoms with E-state index >= 15 is 0 Å². The van der Waals surface area contributed by atoms with Gasteiger partial charge in [0.2, 0.25) is 0 Å². The van der Waals surface area contributed by atoms with Gasteiger partial charge < -0.3 is 20.1 Å². The van der Waals surface area contributed by atoms with Crippen LogP contribution in [-0.4, -0.2) is 19.9 Å². The maximum Gasteiger partial charge on any atom is 0.163 e. The summed E-state index contributed by atoms with van der Waals surface area (Å²) in [4.78, 5) is 0. The Morgan fingerprint density at radius 3 is 2.00 bits per heavy atom. The number of anilines is 2. The molecule has 13 heavy (non-hydrogen) atoms. The fraction of sp³-hybridized carbons (Fsp3) is 0.333. The summed E-state index contributed by atoms with van der Waals surface area (Å²) in [5, 5.41) is 6.41. The lowest BCUT2D eigenvalue weighted by Gasteiger charge is -2.18. The molecule has 0 amide bonds. The third-order valence-electron chi connectivity index (χ3n) is 2.24. The van der Waals surface area contributed by atoms with Crippen LogP contribution < -0.4 is 20.1 Å². The summed E-state index contributed by atoms with van der Waals surface area (Å²) in [6.45, 7) is 2.05. The molecule has 0 unspecified atom stereocenters. The number of ether oxygens (including phenoxy) is 2. The molecule has 2 N–H and O–H groups in total. The van der Waals surface area contributed by atoms with Crippen molar-refractivity contribution in [2.75, 3.05) is 30.5 Å². The summed E-state index contributed by atoms with van der Waals surface area (Å²) in [7, 11) is 0. The average Bonchev–Trinajstić information content (AvgIpc) is 2.61. The Hall–Kier alpha value is -1.58. The summed E-state index contributed by atoms with van der Waals surface area (Å²) < 4.78 is 10.9. The molecule has 0 fully saturated rings. The minimum absolute atomic E-state index is 0.638. The van der Waals surface area contributed by atoms with Crippen molar-refractivity contribution >= 4 is 11.4 Å². The largest absolute Gasteiger partial charge is 0.486 e. The van der Waals surface area contributed by atoms with Crippen molar-refractivity contribution in [1.82, 2.24) is 0 Å². The predicted molar refractivity (Wildman–Crippen MR) is 49.5 cm³/mol. The first-order valence-corrected chi connectivity index (χ1v) is 4.35. The van der Waals surface area contributed by atoms with Crippen molar-refractivity contribution in [3.63, 3.8) is 0 Å². The van der Waals surface area contributed by atoms with Gasteiger partial charge in [0.1, 0.15) is 13.2 Å². The first kappa shape index (κ1) is 6.88. The highest BCUT2D eigenvalue weighted by atomic mass is 16.6. The Morgan fingerprint density at radius 2 is 1.46 bits per heavy atom. The molecule has 0 spiro atoms. The third-order valence-corrected chi connectivity index (χ3v) is 2.24. The van der Waals surface area contributed by atoms with E-state index in [-0.39, 0.29) is 0 Å². The van der Waals surface area contributed by atoms with Crippen LogP contribution in [-0.2, 0) is 0 Å². The van der Waals surface area contributed by atoms with Gasteiger partial charge in [-0.25, -0.2) is 0 Å².